The summed E-state index contributed by atoms with van der Waals surface area (Å²) in [6.45, 7) is 4.49. The van der Waals surface area contributed by atoms with Crippen molar-refractivity contribution in [2.75, 3.05) is 0 Å². The van der Waals surface area contributed by atoms with E-state index in [1.807, 2.05) is 48.5 Å². The molecule has 0 atom stereocenters. The molecular weight excluding hydrogens is 592 g/mol. The number of aliphatic hydroxyl groups excluding tert-OH is 2. The molecule has 7 aromatic rings. The highest BCUT2D eigenvalue weighted by molar-refractivity contribution is 6.09. The van der Waals surface area contributed by atoms with Gasteiger partial charge in [-0.15, -0.1) is 0 Å². The standard InChI is InChI=1S/C44H42O4/c1-3-5-7-35-25-41(33-13-9-29(27-45)10-14-33)47-43(35)37-21-19-31-17-18-32-20-22-38(24-40(32)39(31)23-37)44-36(8-6-4-2)26-42(48-44)34-15-11-30(28-46)12-16-34/h9-26,45-46H,3-8,27-28H2,1-2H3. The van der Waals surface area contributed by atoms with Gasteiger partial charge in [-0.25, -0.2) is 0 Å². The molecule has 2 aromatic heterocycles. The van der Waals surface area contributed by atoms with Crippen LogP contribution in [0.5, 0.6) is 0 Å². The molecule has 5 aromatic carbocycles. The first-order chi connectivity index (χ1) is 23.6. The van der Waals surface area contributed by atoms with E-state index in [4.69, 9.17) is 8.83 Å². The van der Waals surface area contributed by atoms with Crippen molar-refractivity contribution < 1.29 is 19.0 Å². The molecule has 0 unspecified atom stereocenters. The van der Waals surface area contributed by atoms with E-state index < -0.39 is 0 Å². The zero-order valence-electron chi connectivity index (χ0n) is 27.8. The summed E-state index contributed by atoms with van der Waals surface area (Å²) in [5, 5.41) is 23.7. The Morgan fingerprint density at radius 3 is 1.21 bits per heavy atom. The Kier molecular flexibility index (Phi) is 9.29. The van der Waals surface area contributed by atoms with E-state index in [1.165, 1.54) is 32.7 Å². The molecule has 48 heavy (non-hydrogen) atoms. The number of rotatable bonds is 12. The molecule has 0 radical (unpaired) electrons. The van der Waals surface area contributed by atoms with Crippen molar-refractivity contribution in [3.63, 3.8) is 0 Å². The van der Waals surface area contributed by atoms with Gasteiger partial charge in [-0.2, -0.15) is 0 Å². The number of unbranched alkanes of at least 4 members (excludes halogenated alkanes) is 2. The van der Waals surface area contributed by atoms with Gasteiger partial charge in [-0.3, -0.25) is 0 Å². The van der Waals surface area contributed by atoms with Crippen LogP contribution >= 0.6 is 0 Å². The lowest BCUT2D eigenvalue weighted by Crippen LogP contribution is -1.88. The summed E-state index contributed by atoms with van der Waals surface area (Å²) in [4.78, 5) is 0. The van der Waals surface area contributed by atoms with Gasteiger partial charge in [0.1, 0.15) is 23.0 Å². The Morgan fingerprint density at radius 2 is 0.833 bits per heavy atom. The fraction of sp³-hybridized carbons (Fsp3) is 0.227. The normalized spacial score (nSPS) is 11.6. The van der Waals surface area contributed by atoms with Gasteiger partial charge in [-0.05, 0) is 93.7 Å². The first-order valence-corrected chi connectivity index (χ1v) is 17.2. The van der Waals surface area contributed by atoms with Crippen LogP contribution in [0.25, 0.3) is 66.8 Å². The highest BCUT2D eigenvalue weighted by Crippen LogP contribution is 2.39. The molecule has 0 spiro atoms. The van der Waals surface area contributed by atoms with Crippen LogP contribution in [-0.4, -0.2) is 10.2 Å². The Balaban J connectivity index is 1.33. The molecule has 2 N–H and O–H groups in total. The van der Waals surface area contributed by atoms with Gasteiger partial charge < -0.3 is 19.0 Å². The third-order valence-electron chi connectivity index (χ3n) is 9.42. The van der Waals surface area contributed by atoms with Crippen molar-refractivity contribution in [1.82, 2.24) is 0 Å². The maximum Gasteiger partial charge on any atom is 0.138 e. The molecule has 7 rings (SSSR count). The average molecular weight is 635 g/mol. The van der Waals surface area contributed by atoms with Gasteiger partial charge in [0.05, 0.1) is 13.2 Å². The molecule has 4 nitrogen and oxygen atoms in total. The number of fused-ring (bicyclic) bond motifs is 3. The molecule has 0 fully saturated rings. The van der Waals surface area contributed by atoms with Gasteiger partial charge in [0, 0.05) is 22.3 Å². The van der Waals surface area contributed by atoms with Crippen molar-refractivity contribution in [2.45, 2.75) is 65.6 Å². The van der Waals surface area contributed by atoms with E-state index >= 15 is 0 Å². The topological polar surface area (TPSA) is 66.7 Å². The maximum atomic E-state index is 9.51. The molecule has 0 bridgehead atoms. The van der Waals surface area contributed by atoms with Crippen molar-refractivity contribution in [3.8, 4) is 45.3 Å². The van der Waals surface area contributed by atoms with E-state index in [1.54, 1.807) is 0 Å². The highest BCUT2D eigenvalue weighted by atomic mass is 16.3. The number of benzene rings is 5. The largest absolute Gasteiger partial charge is 0.456 e. The second-order valence-electron chi connectivity index (χ2n) is 12.8. The van der Waals surface area contributed by atoms with Crippen molar-refractivity contribution in [1.29, 1.82) is 0 Å². The van der Waals surface area contributed by atoms with E-state index in [0.29, 0.717) is 0 Å². The van der Waals surface area contributed by atoms with Crippen LogP contribution in [0, 0.1) is 0 Å². The van der Waals surface area contributed by atoms with Crippen LogP contribution in [0.4, 0.5) is 0 Å². The van der Waals surface area contributed by atoms with Crippen LogP contribution < -0.4 is 0 Å². The van der Waals surface area contributed by atoms with E-state index in [2.05, 4.69) is 74.5 Å². The molecular formula is C44H42O4. The Labute approximate surface area is 282 Å². The smallest absolute Gasteiger partial charge is 0.138 e. The molecule has 4 heteroatoms. The molecule has 0 aliphatic heterocycles. The Bertz CT molecular complexity index is 2010. The fourth-order valence-electron chi connectivity index (χ4n) is 6.62. The lowest BCUT2D eigenvalue weighted by molar-refractivity contribution is 0.281. The fourth-order valence-corrected chi connectivity index (χ4v) is 6.62. The van der Waals surface area contributed by atoms with Crippen LogP contribution in [0.15, 0.2) is 118 Å². The van der Waals surface area contributed by atoms with Gasteiger partial charge in [0.25, 0.3) is 0 Å². The maximum absolute atomic E-state index is 9.51. The minimum atomic E-state index is 0.0263. The van der Waals surface area contributed by atoms with E-state index in [-0.39, 0.29) is 13.2 Å². The Morgan fingerprint density at radius 1 is 0.458 bits per heavy atom. The van der Waals surface area contributed by atoms with Gasteiger partial charge in [-0.1, -0.05) is 112 Å². The predicted molar refractivity (Wildman–Crippen MR) is 197 cm³/mol. The summed E-state index contributed by atoms with van der Waals surface area (Å²) in [6, 6.07) is 38.0. The van der Waals surface area contributed by atoms with Crippen LogP contribution in [-0.2, 0) is 26.1 Å². The van der Waals surface area contributed by atoms with Gasteiger partial charge >= 0.3 is 0 Å². The van der Waals surface area contributed by atoms with Gasteiger partial charge in [0.15, 0.2) is 0 Å². The number of furan rings is 2. The van der Waals surface area contributed by atoms with E-state index in [0.717, 1.165) is 94.9 Å². The second-order valence-corrected chi connectivity index (χ2v) is 12.8. The lowest BCUT2D eigenvalue weighted by atomic mass is 9.95. The number of aryl methyl sites for hydroxylation is 2. The SMILES string of the molecule is CCCCc1cc(-c2ccc(CO)cc2)oc1-c1ccc2ccc3ccc(-c4oc(-c5ccc(CO)cc5)cc4CCCC)cc3c2c1. The first-order valence-electron chi connectivity index (χ1n) is 17.2. The zero-order valence-corrected chi connectivity index (χ0v) is 27.8. The molecule has 0 saturated heterocycles. The predicted octanol–water partition coefficient (Wildman–Crippen LogP) is 11.5. The summed E-state index contributed by atoms with van der Waals surface area (Å²) in [5.41, 5.74) is 8.36. The van der Waals surface area contributed by atoms with Crippen LogP contribution in [0.2, 0.25) is 0 Å². The molecule has 0 aliphatic carbocycles. The average Bonchev–Trinajstić information content (AvgIpc) is 3.77. The summed E-state index contributed by atoms with van der Waals surface area (Å²) in [7, 11) is 0. The lowest BCUT2D eigenvalue weighted by Gasteiger charge is -2.10. The number of hydrogen-bond acceptors (Lipinski definition) is 4. The van der Waals surface area contributed by atoms with E-state index in [9.17, 15) is 10.2 Å². The summed E-state index contributed by atoms with van der Waals surface area (Å²) < 4.78 is 13.3. The van der Waals surface area contributed by atoms with Crippen LogP contribution in [0.3, 0.4) is 0 Å². The summed E-state index contributed by atoms with van der Waals surface area (Å²) in [5.74, 6) is 3.54. The third kappa shape index (κ3) is 6.34. The third-order valence-corrected chi connectivity index (χ3v) is 9.42. The molecule has 0 saturated carbocycles. The molecule has 242 valence electrons. The minimum absolute atomic E-state index is 0.0263. The molecule has 2 heterocycles. The Hall–Kier alpha value is -4.90. The summed E-state index contributed by atoms with van der Waals surface area (Å²) in [6.07, 6.45) is 6.30. The minimum Gasteiger partial charge on any atom is -0.456 e. The van der Waals surface area contributed by atoms with Crippen molar-refractivity contribution in [2.24, 2.45) is 0 Å². The second kappa shape index (κ2) is 14.1. The number of aliphatic hydroxyl groups is 2. The molecule has 0 amide bonds. The zero-order chi connectivity index (χ0) is 33.0. The summed E-state index contributed by atoms with van der Waals surface area (Å²) >= 11 is 0. The van der Waals surface area contributed by atoms with Gasteiger partial charge in [0.2, 0.25) is 0 Å². The monoisotopic (exact) mass is 634 g/mol. The van der Waals surface area contributed by atoms with Crippen molar-refractivity contribution in [3.05, 3.63) is 131 Å². The first kappa shape index (κ1) is 31.7. The van der Waals surface area contributed by atoms with Crippen LogP contribution in [0.1, 0.15) is 61.8 Å². The number of hydrogen-bond donors (Lipinski definition) is 2. The quantitative estimate of drug-likeness (QED) is 0.131. The van der Waals surface area contributed by atoms with Crippen molar-refractivity contribution >= 4 is 21.5 Å². The highest BCUT2D eigenvalue weighted by Gasteiger charge is 2.18. The molecule has 0 aliphatic rings.